The molecule has 0 saturated carbocycles. The Morgan fingerprint density at radius 1 is 1.00 bits per heavy atom. The summed E-state index contributed by atoms with van der Waals surface area (Å²) in [5, 5.41) is 11.3. The van der Waals surface area contributed by atoms with Crippen molar-refractivity contribution in [2.75, 3.05) is 12.4 Å². The molecule has 0 unspecified atom stereocenters. The summed E-state index contributed by atoms with van der Waals surface area (Å²) in [4.78, 5) is 12.4. The van der Waals surface area contributed by atoms with Crippen molar-refractivity contribution in [2.45, 2.75) is 0 Å². The summed E-state index contributed by atoms with van der Waals surface area (Å²) in [6, 6.07) is 20.2. The molecule has 0 aliphatic carbocycles. The molecular formula is C20H16N4O2. The van der Waals surface area contributed by atoms with Crippen molar-refractivity contribution >= 4 is 17.2 Å². The highest BCUT2D eigenvalue weighted by Gasteiger charge is 2.10. The Kier molecular flexibility index (Phi) is 4.07. The zero-order valence-electron chi connectivity index (χ0n) is 14.1. The van der Waals surface area contributed by atoms with E-state index in [1.165, 1.54) is 0 Å². The second-order valence-electron chi connectivity index (χ2n) is 5.72. The number of fused-ring (bicyclic) bond motifs is 1. The normalized spacial score (nSPS) is 10.7. The average Bonchev–Trinajstić information content (AvgIpc) is 3.12. The van der Waals surface area contributed by atoms with Gasteiger partial charge in [-0.2, -0.15) is 0 Å². The Morgan fingerprint density at radius 2 is 1.85 bits per heavy atom. The number of hydrogen-bond acceptors (Lipinski definition) is 4. The number of benzene rings is 2. The molecular weight excluding hydrogens is 328 g/mol. The highest BCUT2D eigenvalue weighted by Crippen LogP contribution is 2.22. The lowest BCUT2D eigenvalue weighted by Gasteiger charge is -2.08. The molecule has 0 fully saturated rings. The number of nitrogens with one attached hydrogen (secondary N) is 1. The number of amides is 1. The van der Waals surface area contributed by atoms with Gasteiger partial charge < -0.3 is 10.1 Å². The van der Waals surface area contributed by atoms with Crippen molar-refractivity contribution in [1.29, 1.82) is 0 Å². The minimum atomic E-state index is -0.184. The molecule has 0 radical (unpaired) electrons. The molecule has 0 aliphatic rings. The Hall–Kier alpha value is -3.67. The maximum absolute atomic E-state index is 12.4. The van der Waals surface area contributed by atoms with Gasteiger partial charge in [0.05, 0.1) is 7.11 Å². The maximum Gasteiger partial charge on any atom is 0.255 e. The van der Waals surface area contributed by atoms with Gasteiger partial charge in [-0.1, -0.05) is 18.2 Å². The highest BCUT2D eigenvalue weighted by atomic mass is 16.5. The molecule has 0 atom stereocenters. The van der Waals surface area contributed by atoms with Crippen molar-refractivity contribution < 1.29 is 9.53 Å². The fraction of sp³-hybridized carbons (Fsp3) is 0.0500. The standard InChI is InChI=1S/C20H16N4O2/c1-26-17-10-8-14(9-11-17)20(25)21-16-6-4-5-15(13-16)19-23-22-18-7-2-3-12-24(18)19/h2-13H,1H3,(H,21,25). The van der Waals surface area contributed by atoms with Gasteiger partial charge in [0.15, 0.2) is 11.5 Å². The molecule has 6 heteroatoms. The van der Waals surface area contributed by atoms with Crippen LogP contribution in [0.15, 0.2) is 72.9 Å². The van der Waals surface area contributed by atoms with Gasteiger partial charge in [0, 0.05) is 23.0 Å². The molecule has 4 rings (SSSR count). The fourth-order valence-electron chi connectivity index (χ4n) is 2.72. The van der Waals surface area contributed by atoms with Gasteiger partial charge in [-0.15, -0.1) is 10.2 Å². The van der Waals surface area contributed by atoms with Gasteiger partial charge in [0.2, 0.25) is 0 Å². The molecule has 0 spiro atoms. The molecule has 128 valence electrons. The number of ether oxygens (including phenoxy) is 1. The molecule has 2 aromatic heterocycles. The van der Waals surface area contributed by atoms with Crippen LogP contribution in [0.25, 0.3) is 17.0 Å². The maximum atomic E-state index is 12.4. The quantitative estimate of drug-likeness (QED) is 0.613. The number of pyridine rings is 1. The molecule has 6 nitrogen and oxygen atoms in total. The Morgan fingerprint density at radius 3 is 2.65 bits per heavy atom. The van der Waals surface area contributed by atoms with E-state index < -0.39 is 0 Å². The number of aromatic nitrogens is 3. The van der Waals surface area contributed by atoms with Crippen molar-refractivity contribution in [3.8, 4) is 17.1 Å². The van der Waals surface area contributed by atoms with Gasteiger partial charge in [-0.05, 0) is 48.5 Å². The van der Waals surface area contributed by atoms with Gasteiger partial charge >= 0.3 is 0 Å². The second-order valence-corrected chi connectivity index (χ2v) is 5.72. The van der Waals surface area contributed by atoms with Crippen LogP contribution in [-0.2, 0) is 0 Å². The lowest BCUT2D eigenvalue weighted by atomic mass is 10.1. The molecule has 1 amide bonds. The van der Waals surface area contributed by atoms with E-state index in [4.69, 9.17) is 4.74 Å². The van der Waals surface area contributed by atoms with E-state index in [-0.39, 0.29) is 5.91 Å². The van der Waals surface area contributed by atoms with Crippen molar-refractivity contribution in [3.63, 3.8) is 0 Å². The topological polar surface area (TPSA) is 68.5 Å². The van der Waals surface area contributed by atoms with Crippen LogP contribution >= 0.6 is 0 Å². The van der Waals surface area contributed by atoms with E-state index in [0.29, 0.717) is 17.0 Å². The molecule has 2 aromatic carbocycles. The summed E-state index contributed by atoms with van der Waals surface area (Å²) >= 11 is 0. The molecule has 1 N–H and O–H groups in total. The number of carbonyl (C=O) groups is 1. The first-order valence-corrected chi connectivity index (χ1v) is 8.10. The summed E-state index contributed by atoms with van der Waals surface area (Å²) in [5.41, 5.74) is 2.89. The molecule has 0 aliphatic heterocycles. The van der Waals surface area contributed by atoms with Crippen molar-refractivity contribution in [3.05, 3.63) is 78.5 Å². The zero-order valence-corrected chi connectivity index (χ0v) is 14.1. The molecule has 0 saturated heterocycles. The predicted molar refractivity (Wildman–Crippen MR) is 99.4 cm³/mol. The highest BCUT2D eigenvalue weighted by molar-refractivity contribution is 6.04. The van der Waals surface area contributed by atoms with Gasteiger partial charge in [-0.3, -0.25) is 9.20 Å². The molecule has 0 bridgehead atoms. The largest absolute Gasteiger partial charge is 0.497 e. The summed E-state index contributed by atoms with van der Waals surface area (Å²) in [6.07, 6.45) is 1.91. The lowest BCUT2D eigenvalue weighted by Crippen LogP contribution is -2.11. The number of carbonyl (C=O) groups excluding carboxylic acids is 1. The third-order valence-corrected chi connectivity index (χ3v) is 4.04. The third kappa shape index (κ3) is 3.00. The van der Waals surface area contributed by atoms with E-state index in [1.807, 2.05) is 53.1 Å². The molecule has 2 heterocycles. The van der Waals surface area contributed by atoms with Crippen LogP contribution < -0.4 is 10.1 Å². The first-order chi connectivity index (χ1) is 12.7. The Labute approximate surface area is 150 Å². The zero-order chi connectivity index (χ0) is 17.9. The fourth-order valence-corrected chi connectivity index (χ4v) is 2.72. The van der Waals surface area contributed by atoms with E-state index >= 15 is 0 Å². The van der Waals surface area contributed by atoms with Gasteiger partial charge in [0.1, 0.15) is 5.75 Å². The van der Waals surface area contributed by atoms with Gasteiger partial charge in [0.25, 0.3) is 5.91 Å². The summed E-state index contributed by atoms with van der Waals surface area (Å²) in [5.74, 6) is 1.25. The minimum Gasteiger partial charge on any atom is -0.497 e. The first-order valence-electron chi connectivity index (χ1n) is 8.10. The Bertz CT molecular complexity index is 1070. The lowest BCUT2D eigenvalue weighted by molar-refractivity contribution is 0.102. The number of hydrogen-bond donors (Lipinski definition) is 1. The number of nitrogens with zero attached hydrogens (tertiary/aromatic N) is 3. The Balaban J connectivity index is 1.60. The third-order valence-electron chi connectivity index (χ3n) is 4.04. The number of methoxy groups -OCH3 is 1. The number of rotatable bonds is 4. The van der Waals surface area contributed by atoms with Crippen molar-refractivity contribution in [1.82, 2.24) is 14.6 Å². The summed E-state index contributed by atoms with van der Waals surface area (Å²) < 4.78 is 7.02. The minimum absolute atomic E-state index is 0.184. The first kappa shape index (κ1) is 15.8. The van der Waals surface area contributed by atoms with E-state index in [9.17, 15) is 4.79 Å². The van der Waals surface area contributed by atoms with E-state index in [1.54, 1.807) is 31.4 Å². The molecule has 4 aromatic rings. The summed E-state index contributed by atoms with van der Waals surface area (Å²) in [7, 11) is 1.59. The van der Waals surface area contributed by atoms with Crippen LogP contribution in [0.2, 0.25) is 0 Å². The van der Waals surface area contributed by atoms with E-state index in [0.717, 1.165) is 17.0 Å². The number of anilines is 1. The van der Waals surface area contributed by atoms with Crippen LogP contribution in [0, 0.1) is 0 Å². The van der Waals surface area contributed by atoms with E-state index in [2.05, 4.69) is 15.5 Å². The SMILES string of the molecule is COc1ccc(C(=O)Nc2cccc(-c3nnc4ccccn34)c2)cc1. The monoisotopic (exact) mass is 344 g/mol. The van der Waals surface area contributed by atoms with Crippen LogP contribution in [0.4, 0.5) is 5.69 Å². The van der Waals surface area contributed by atoms with Crippen LogP contribution in [0.1, 0.15) is 10.4 Å². The average molecular weight is 344 g/mol. The van der Waals surface area contributed by atoms with Crippen LogP contribution in [0.3, 0.4) is 0 Å². The van der Waals surface area contributed by atoms with Gasteiger partial charge in [-0.25, -0.2) is 0 Å². The molecule has 26 heavy (non-hydrogen) atoms. The van der Waals surface area contributed by atoms with Crippen LogP contribution in [-0.4, -0.2) is 27.6 Å². The summed E-state index contributed by atoms with van der Waals surface area (Å²) in [6.45, 7) is 0. The smallest absolute Gasteiger partial charge is 0.255 e. The van der Waals surface area contributed by atoms with Crippen molar-refractivity contribution in [2.24, 2.45) is 0 Å². The second kappa shape index (κ2) is 6.68. The van der Waals surface area contributed by atoms with Crippen LogP contribution in [0.5, 0.6) is 5.75 Å². The predicted octanol–water partition coefficient (Wildman–Crippen LogP) is 3.66.